The molecule has 1 amide bonds. The van der Waals surface area contributed by atoms with E-state index in [0.717, 1.165) is 18.3 Å². The van der Waals surface area contributed by atoms with Crippen LogP contribution in [-0.4, -0.2) is 44.4 Å². The third-order valence-electron chi connectivity index (χ3n) is 4.00. The van der Waals surface area contributed by atoms with Gasteiger partial charge in [-0.15, -0.1) is 0 Å². The summed E-state index contributed by atoms with van der Waals surface area (Å²) in [6.07, 6.45) is 3.85. The number of aliphatic hydroxyl groups is 1. The van der Waals surface area contributed by atoms with Crippen molar-refractivity contribution in [3.8, 4) is 0 Å². The zero-order chi connectivity index (χ0) is 21.7. The first-order chi connectivity index (χ1) is 14.4. The average Bonchev–Trinajstić information content (AvgIpc) is 3.14. The van der Waals surface area contributed by atoms with E-state index in [1.807, 2.05) is 0 Å². The molecule has 0 spiro atoms. The molecule has 30 heavy (non-hydrogen) atoms. The van der Waals surface area contributed by atoms with Gasteiger partial charge in [0.15, 0.2) is 11.6 Å². The Labute approximate surface area is 169 Å². The van der Waals surface area contributed by atoms with Gasteiger partial charge in [-0.1, -0.05) is 0 Å². The van der Waals surface area contributed by atoms with E-state index in [1.165, 1.54) is 24.1 Å². The number of nitrogens with zero attached hydrogens (tertiary/aromatic N) is 4. The summed E-state index contributed by atoms with van der Waals surface area (Å²) in [6, 6.07) is 1.73. The summed E-state index contributed by atoms with van der Waals surface area (Å²) in [6.45, 7) is -0.557. The van der Waals surface area contributed by atoms with Crippen molar-refractivity contribution in [2.75, 3.05) is 24.3 Å². The number of amides is 1. The standard InChI is InChI=1S/C18H18F3N7O2/c1-22-16(30)8-28-7-13(5-24-28)25-18-23-6-14(21)17(27-18)26-15(9-29)10-2-11(19)4-12(20)3-10/h2-7,15,29H,8-9H2,1H3,(H,22,30)(H2,23,25,26,27). The molecule has 0 bridgehead atoms. The second-order valence-corrected chi connectivity index (χ2v) is 6.20. The number of anilines is 3. The van der Waals surface area contributed by atoms with Crippen molar-refractivity contribution >= 4 is 23.4 Å². The second kappa shape index (κ2) is 9.22. The monoisotopic (exact) mass is 421 g/mol. The van der Waals surface area contributed by atoms with E-state index in [-0.39, 0.29) is 29.8 Å². The summed E-state index contributed by atoms with van der Waals surface area (Å²) in [4.78, 5) is 19.2. The molecule has 0 fully saturated rings. The number of benzene rings is 1. The van der Waals surface area contributed by atoms with Crippen LogP contribution in [0.1, 0.15) is 11.6 Å². The molecule has 1 atom stereocenters. The van der Waals surface area contributed by atoms with Gasteiger partial charge < -0.3 is 21.1 Å². The summed E-state index contributed by atoms with van der Waals surface area (Å²) in [5.41, 5.74) is 0.528. The SMILES string of the molecule is CNC(=O)Cn1cc(Nc2ncc(F)c(NC(CO)c3cc(F)cc(F)c3)n2)cn1. The number of carbonyl (C=O) groups excluding carboxylic acids is 1. The zero-order valence-corrected chi connectivity index (χ0v) is 15.7. The zero-order valence-electron chi connectivity index (χ0n) is 15.7. The van der Waals surface area contributed by atoms with Crippen LogP contribution in [0.5, 0.6) is 0 Å². The Bertz CT molecular complexity index is 1020. The van der Waals surface area contributed by atoms with Crippen LogP contribution in [0.25, 0.3) is 0 Å². The topological polar surface area (TPSA) is 117 Å². The van der Waals surface area contributed by atoms with Gasteiger partial charge in [-0.05, 0) is 17.7 Å². The van der Waals surface area contributed by atoms with E-state index in [1.54, 1.807) is 0 Å². The lowest BCUT2D eigenvalue weighted by atomic mass is 10.1. The number of hydrogen-bond donors (Lipinski definition) is 4. The molecule has 1 aromatic carbocycles. The molecule has 0 aliphatic carbocycles. The Balaban J connectivity index is 1.77. The van der Waals surface area contributed by atoms with Crippen molar-refractivity contribution in [2.24, 2.45) is 0 Å². The van der Waals surface area contributed by atoms with Gasteiger partial charge in [0, 0.05) is 19.3 Å². The number of aromatic nitrogens is 4. The summed E-state index contributed by atoms with van der Waals surface area (Å²) in [7, 11) is 1.50. The van der Waals surface area contributed by atoms with Crippen molar-refractivity contribution in [1.29, 1.82) is 0 Å². The highest BCUT2D eigenvalue weighted by Crippen LogP contribution is 2.23. The smallest absolute Gasteiger partial charge is 0.241 e. The Morgan fingerprint density at radius 1 is 1.20 bits per heavy atom. The number of hydrogen-bond acceptors (Lipinski definition) is 7. The van der Waals surface area contributed by atoms with Crippen LogP contribution >= 0.6 is 0 Å². The minimum atomic E-state index is -1.01. The number of aliphatic hydroxyl groups excluding tert-OH is 1. The Kier molecular flexibility index (Phi) is 6.47. The number of nitrogens with one attached hydrogen (secondary N) is 3. The molecular weight excluding hydrogens is 403 g/mol. The predicted octanol–water partition coefficient (Wildman–Crippen LogP) is 1.73. The Hall–Kier alpha value is -3.67. The number of halogens is 3. The van der Waals surface area contributed by atoms with Crippen LogP contribution < -0.4 is 16.0 Å². The van der Waals surface area contributed by atoms with Gasteiger partial charge in [0.25, 0.3) is 0 Å². The molecule has 2 aromatic heterocycles. The van der Waals surface area contributed by atoms with E-state index in [2.05, 4.69) is 31.0 Å². The van der Waals surface area contributed by atoms with E-state index < -0.39 is 30.1 Å². The first kappa shape index (κ1) is 21.0. The maximum atomic E-state index is 14.2. The maximum absolute atomic E-state index is 14.2. The molecule has 158 valence electrons. The molecule has 1 unspecified atom stereocenters. The molecule has 4 N–H and O–H groups in total. The minimum Gasteiger partial charge on any atom is -0.394 e. The van der Waals surface area contributed by atoms with Crippen LogP contribution in [0, 0.1) is 17.5 Å². The number of carbonyl (C=O) groups is 1. The summed E-state index contributed by atoms with van der Waals surface area (Å²) in [5.74, 6) is -3.01. The predicted molar refractivity (Wildman–Crippen MR) is 101 cm³/mol. The number of likely N-dealkylation sites (N-methyl/N-ethyl adjacent to an activating group) is 1. The average molecular weight is 421 g/mol. The van der Waals surface area contributed by atoms with Crippen LogP contribution in [0.2, 0.25) is 0 Å². The highest BCUT2D eigenvalue weighted by Gasteiger charge is 2.17. The fourth-order valence-corrected chi connectivity index (χ4v) is 2.57. The lowest BCUT2D eigenvalue weighted by Crippen LogP contribution is -2.23. The van der Waals surface area contributed by atoms with Crippen molar-refractivity contribution in [2.45, 2.75) is 12.6 Å². The van der Waals surface area contributed by atoms with E-state index in [4.69, 9.17) is 0 Å². The molecular formula is C18H18F3N7O2. The molecule has 9 nitrogen and oxygen atoms in total. The molecule has 3 aromatic rings. The summed E-state index contributed by atoms with van der Waals surface area (Å²) in [5, 5.41) is 21.5. The molecule has 0 saturated heterocycles. The van der Waals surface area contributed by atoms with Crippen molar-refractivity contribution in [3.63, 3.8) is 0 Å². The lowest BCUT2D eigenvalue weighted by molar-refractivity contribution is -0.121. The quantitative estimate of drug-likeness (QED) is 0.438. The van der Waals surface area contributed by atoms with Gasteiger partial charge in [0.05, 0.1) is 30.7 Å². The van der Waals surface area contributed by atoms with Crippen molar-refractivity contribution < 1.29 is 23.1 Å². The van der Waals surface area contributed by atoms with Gasteiger partial charge in [-0.25, -0.2) is 18.2 Å². The minimum absolute atomic E-state index is 0.000468. The van der Waals surface area contributed by atoms with Gasteiger partial charge in [0.1, 0.15) is 18.2 Å². The highest BCUT2D eigenvalue weighted by atomic mass is 19.1. The van der Waals surface area contributed by atoms with Gasteiger partial charge in [-0.3, -0.25) is 9.48 Å². The Morgan fingerprint density at radius 2 is 1.93 bits per heavy atom. The molecule has 0 saturated carbocycles. The molecule has 3 rings (SSSR count). The lowest BCUT2D eigenvalue weighted by Gasteiger charge is -2.18. The first-order valence-corrected chi connectivity index (χ1v) is 8.74. The van der Waals surface area contributed by atoms with E-state index in [9.17, 15) is 23.1 Å². The Morgan fingerprint density at radius 3 is 2.60 bits per heavy atom. The fourth-order valence-electron chi connectivity index (χ4n) is 2.57. The molecule has 12 heteroatoms. The highest BCUT2D eigenvalue weighted by molar-refractivity contribution is 5.75. The van der Waals surface area contributed by atoms with Crippen LogP contribution in [-0.2, 0) is 11.3 Å². The third-order valence-corrected chi connectivity index (χ3v) is 4.00. The second-order valence-electron chi connectivity index (χ2n) is 6.20. The van der Waals surface area contributed by atoms with Gasteiger partial charge in [-0.2, -0.15) is 10.1 Å². The first-order valence-electron chi connectivity index (χ1n) is 8.74. The fraction of sp³-hybridized carbons (Fsp3) is 0.222. The van der Waals surface area contributed by atoms with Gasteiger partial charge in [0.2, 0.25) is 11.9 Å². The van der Waals surface area contributed by atoms with E-state index >= 15 is 0 Å². The molecule has 0 aliphatic rings. The van der Waals surface area contributed by atoms with Crippen LogP contribution in [0.3, 0.4) is 0 Å². The van der Waals surface area contributed by atoms with E-state index in [0.29, 0.717) is 11.8 Å². The van der Waals surface area contributed by atoms with Gasteiger partial charge >= 0.3 is 0 Å². The van der Waals surface area contributed by atoms with Crippen LogP contribution in [0.15, 0.2) is 36.8 Å². The van der Waals surface area contributed by atoms with Crippen molar-refractivity contribution in [3.05, 3.63) is 59.8 Å². The van der Waals surface area contributed by atoms with Crippen molar-refractivity contribution in [1.82, 2.24) is 25.1 Å². The third kappa shape index (κ3) is 5.23. The maximum Gasteiger partial charge on any atom is 0.241 e. The molecule has 2 heterocycles. The summed E-state index contributed by atoms with van der Waals surface area (Å²) >= 11 is 0. The number of rotatable bonds is 8. The molecule has 0 radical (unpaired) electrons. The largest absolute Gasteiger partial charge is 0.394 e. The summed E-state index contributed by atoms with van der Waals surface area (Å²) < 4.78 is 42.5. The normalized spacial score (nSPS) is 11.8. The van der Waals surface area contributed by atoms with Crippen LogP contribution in [0.4, 0.5) is 30.6 Å². The molecule has 0 aliphatic heterocycles.